The van der Waals surface area contributed by atoms with Crippen LogP contribution in [0.3, 0.4) is 0 Å². The first kappa shape index (κ1) is 18.7. The summed E-state index contributed by atoms with van der Waals surface area (Å²) >= 11 is 0. The van der Waals surface area contributed by atoms with Crippen LogP contribution in [-0.2, 0) is 4.79 Å². The second-order valence-electron chi connectivity index (χ2n) is 4.30. The monoisotopic (exact) mass is 302 g/mol. The molecule has 0 radical (unpaired) electrons. The van der Waals surface area contributed by atoms with Gasteiger partial charge in [0, 0.05) is 13.0 Å². The lowest BCUT2D eigenvalue weighted by Gasteiger charge is -2.13. The fourth-order valence-electron chi connectivity index (χ4n) is 1.69. The van der Waals surface area contributed by atoms with Crippen molar-refractivity contribution in [2.45, 2.75) is 18.9 Å². The molecule has 6 heteroatoms. The first-order valence-corrected chi connectivity index (χ1v) is 6.40. The molecule has 1 aromatic carbocycles. The molecule has 1 atom stereocenters. The fourth-order valence-corrected chi connectivity index (χ4v) is 1.69. The number of benzene rings is 1. The minimum Gasteiger partial charge on any atom is -0.497 e. The summed E-state index contributed by atoms with van der Waals surface area (Å²) in [5, 5.41) is 15.7. The molecule has 0 aliphatic carbocycles. The van der Waals surface area contributed by atoms with Gasteiger partial charge in [0.2, 0.25) is 5.91 Å². The first-order chi connectivity index (χ1) is 9.17. The molecule has 1 rings (SSSR count). The molecular weight excluding hydrogens is 280 g/mol. The Balaban J connectivity index is 0.00000361. The highest BCUT2D eigenvalue weighted by molar-refractivity contribution is 5.85. The number of hydrogen-bond acceptors (Lipinski definition) is 4. The standard InChI is InChI=1S/C14H22N2O3.ClH/c1-15-8-4-7-14(18)16-10-13(17)11-5-3-6-12(9-11)19-2;/h3,5-6,9,13,15,17H,4,7-8,10H2,1-2H3,(H,16,18);1H. The first-order valence-electron chi connectivity index (χ1n) is 6.40. The van der Waals surface area contributed by atoms with Crippen LogP contribution in [0.4, 0.5) is 0 Å². The Labute approximate surface area is 126 Å². The van der Waals surface area contributed by atoms with E-state index in [2.05, 4.69) is 10.6 Å². The van der Waals surface area contributed by atoms with Gasteiger partial charge in [-0.25, -0.2) is 0 Å². The molecule has 1 aromatic rings. The van der Waals surface area contributed by atoms with Crippen molar-refractivity contribution in [2.75, 3.05) is 27.2 Å². The minimum absolute atomic E-state index is 0. The minimum atomic E-state index is -0.719. The number of halogens is 1. The summed E-state index contributed by atoms with van der Waals surface area (Å²) in [7, 11) is 3.43. The summed E-state index contributed by atoms with van der Waals surface area (Å²) in [5.41, 5.74) is 0.731. The number of hydrogen-bond donors (Lipinski definition) is 3. The summed E-state index contributed by atoms with van der Waals surface area (Å²) in [6, 6.07) is 7.19. The van der Waals surface area contributed by atoms with E-state index < -0.39 is 6.10 Å². The molecule has 0 saturated carbocycles. The molecule has 114 valence electrons. The lowest BCUT2D eigenvalue weighted by atomic mass is 10.1. The molecule has 0 saturated heterocycles. The smallest absolute Gasteiger partial charge is 0.220 e. The van der Waals surface area contributed by atoms with Gasteiger partial charge in [0.1, 0.15) is 5.75 Å². The summed E-state index contributed by atoms with van der Waals surface area (Å²) in [5.74, 6) is 0.647. The zero-order valence-corrected chi connectivity index (χ0v) is 12.7. The molecule has 0 spiro atoms. The molecule has 0 heterocycles. The Bertz CT molecular complexity index is 402. The van der Waals surface area contributed by atoms with E-state index in [-0.39, 0.29) is 24.9 Å². The Morgan fingerprint density at radius 3 is 2.85 bits per heavy atom. The van der Waals surface area contributed by atoms with Gasteiger partial charge in [-0.05, 0) is 37.7 Å². The van der Waals surface area contributed by atoms with Crippen LogP contribution < -0.4 is 15.4 Å². The number of carbonyl (C=O) groups is 1. The fraction of sp³-hybridized carbons (Fsp3) is 0.500. The van der Waals surface area contributed by atoms with Crippen LogP contribution in [-0.4, -0.2) is 38.3 Å². The average molecular weight is 303 g/mol. The maximum atomic E-state index is 11.5. The zero-order valence-electron chi connectivity index (χ0n) is 11.9. The largest absolute Gasteiger partial charge is 0.497 e. The Morgan fingerprint density at radius 1 is 1.45 bits per heavy atom. The van der Waals surface area contributed by atoms with Crippen molar-refractivity contribution >= 4 is 18.3 Å². The van der Waals surface area contributed by atoms with E-state index in [0.717, 1.165) is 18.5 Å². The molecule has 0 bridgehead atoms. The van der Waals surface area contributed by atoms with Gasteiger partial charge in [-0.2, -0.15) is 0 Å². The predicted octanol–water partition coefficient (Wildman–Crippen LogP) is 1.27. The average Bonchev–Trinajstić information content (AvgIpc) is 2.45. The summed E-state index contributed by atoms with van der Waals surface area (Å²) in [4.78, 5) is 11.5. The lowest BCUT2D eigenvalue weighted by Crippen LogP contribution is -2.28. The number of nitrogens with one attached hydrogen (secondary N) is 2. The molecule has 0 aromatic heterocycles. The SMILES string of the molecule is CNCCCC(=O)NCC(O)c1cccc(OC)c1.Cl. The Hall–Kier alpha value is -1.30. The third-order valence-corrected chi connectivity index (χ3v) is 2.80. The number of rotatable bonds is 8. The van der Waals surface area contributed by atoms with Crippen molar-refractivity contribution in [2.24, 2.45) is 0 Å². The van der Waals surface area contributed by atoms with Crippen molar-refractivity contribution in [3.63, 3.8) is 0 Å². The molecule has 1 amide bonds. The summed E-state index contributed by atoms with van der Waals surface area (Å²) < 4.78 is 5.09. The van der Waals surface area contributed by atoms with E-state index in [9.17, 15) is 9.90 Å². The van der Waals surface area contributed by atoms with E-state index in [1.54, 1.807) is 19.2 Å². The van der Waals surface area contributed by atoms with Crippen LogP contribution in [0, 0.1) is 0 Å². The second-order valence-corrected chi connectivity index (χ2v) is 4.30. The maximum absolute atomic E-state index is 11.5. The van der Waals surface area contributed by atoms with Crippen LogP contribution in [0.25, 0.3) is 0 Å². The molecular formula is C14H23ClN2O3. The van der Waals surface area contributed by atoms with E-state index in [1.807, 2.05) is 19.2 Å². The normalized spacial score (nSPS) is 11.3. The van der Waals surface area contributed by atoms with Gasteiger partial charge in [0.25, 0.3) is 0 Å². The van der Waals surface area contributed by atoms with E-state index in [1.165, 1.54) is 0 Å². The molecule has 20 heavy (non-hydrogen) atoms. The molecule has 0 fully saturated rings. The van der Waals surface area contributed by atoms with Crippen molar-refractivity contribution in [3.05, 3.63) is 29.8 Å². The van der Waals surface area contributed by atoms with Crippen LogP contribution in [0.1, 0.15) is 24.5 Å². The second kappa shape index (κ2) is 10.5. The van der Waals surface area contributed by atoms with Gasteiger partial charge >= 0.3 is 0 Å². The maximum Gasteiger partial charge on any atom is 0.220 e. The van der Waals surface area contributed by atoms with Crippen molar-refractivity contribution in [3.8, 4) is 5.75 Å². The van der Waals surface area contributed by atoms with Crippen LogP contribution in [0.5, 0.6) is 5.75 Å². The number of methoxy groups -OCH3 is 1. The summed E-state index contributed by atoms with van der Waals surface area (Å²) in [6.07, 6.45) is 0.534. The highest BCUT2D eigenvalue weighted by Crippen LogP contribution is 2.18. The van der Waals surface area contributed by atoms with E-state index in [0.29, 0.717) is 12.2 Å². The number of aliphatic hydroxyl groups excluding tert-OH is 1. The van der Waals surface area contributed by atoms with Crippen LogP contribution in [0.15, 0.2) is 24.3 Å². The Kier molecular flexibility index (Phi) is 9.80. The molecule has 0 aliphatic rings. The van der Waals surface area contributed by atoms with Gasteiger partial charge in [-0.3, -0.25) is 4.79 Å². The highest BCUT2D eigenvalue weighted by atomic mass is 35.5. The van der Waals surface area contributed by atoms with Crippen LogP contribution in [0.2, 0.25) is 0 Å². The molecule has 1 unspecified atom stereocenters. The lowest BCUT2D eigenvalue weighted by molar-refractivity contribution is -0.121. The number of ether oxygens (including phenoxy) is 1. The highest BCUT2D eigenvalue weighted by Gasteiger charge is 2.10. The Morgan fingerprint density at radius 2 is 2.20 bits per heavy atom. The zero-order chi connectivity index (χ0) is 14.1. The van der Waals surface area contributed by atoms with Gasteiger partial charge in [0.05, 0.1) is 13.2 Å². The van der Waals surface area contributed by atoms with Gasteiger partial charge in [0.15, 0.2) is 0 Å². The van der Waals surface area contributed by atoms with Gasteiger partial charge < -0.3 is 20.5 Å². The third-order valence-electron chi connectivity index (χ3n) is 2.80. The molecule has 5 nitrogen and oxygen atoms in total. The number of aliphatic hydroxyl groups is 1. The topological polar surface area (TPSA) is 70.6 Å². The van der Waals surface area contributed by atoms with Crippen molar-refractivity contribution in [1.82, 2.24) is 10.6 Å². The van der Waals surface area contributed by atoms with E-state index >= 15 is 0 Å². The summed E-state index contributed by atoms with van der Waals surface area (Å²) in [6.45, 7) is 1.03. The van der Waals surface area contributed by atoms with E-state index in [4.69, 9.17) is 4.74 Å². The quantitative estimate of drug-likeness (QED) is 0.633. The third kappa shape index (κ3) is 6.75. The van der Waals surface area contributed by atoms with Crippen LogP contribution >= 0.6 is 12.4 Å². The van der Waals surface area contributed by atoms with Gasteiger partial charge in [-0.1, -0.05) is 12.1 Å². The van der Waals surface area contributed by atoms with Crippen molar-refractivity contribution < 1.29 is 14.6 Å². The molecule has 3 N–H and O–H groups in total. The molecule has 0 aliphatic heterocycles. The number of carbonyl (C=O) groups excluding carboxylic acids is 1. The van der Waals surface area contributed by atoms with Gasteiger partial charge in [-0.15, -0.1) is 12.4 Å². The number of amides is 1. The predicted molar refractivity (Wildman–Crippen MR) is 81.4 cm³/mol. The van der Waals surface area contributed by atoms with Crippen molar-refractivity contribution in [1.29, 1.82) is 0 Å².